The van der Waals surface area contributed by atoms with E-state index in [1.54, 1.807) is 0 Å². The van der Waals surface area contributed by atoms with Gasteiger partial charge in [0.05, 0.1) is 12.2 Å². The Hall–Kier alpha value is -1.50. The molecule has 0 aliphatic carbocycles. The van der Waals surface area contributed by atoms with Crippen LogP contribution in [0.15, 0.2) is 48.5 Å². The molecule has 0 saturated carbocycles. The molecule has 2 aromatic rings. The lowest BCUT2D eigenvalue weighted by molar-refractivity contribution is 0.0781. The minimum Gasteiger partial charge on any atom is -0.308 e. The van der Waals surface area contributed by atoms with E-state index in [2.05, 4.69) is 33.0 Å². The Balaban J connectivity index is 1.52. The van der Waals surface area contributed by atoms with Crippen molar-refractivity contribution in [1.29, 1.82) is 0 Å². The molecule has 0 bridgehead atoms. The first kappa shape index (κ1) is 17.9. The quantitative estimate of drug-likeness (QED) is 0.772. The standard InChI is InChI=1S/C20H24ClFN4/c21-16-5-1-15(2-6-16)19-20(25-10-9-24-19)26-12-11-23-18(13-26)14-3-7-17(22)8-4-14/h1-8,18-20,23-25H,9-13H2. The van der Waals surface area contributed by atoms with E-state index in [9.17, 15) is 4.39 Å². The lowest BCUT2D eigenvalue weighted by Gasteiger charge is -2.45. The third-order valence-electron chi connectivity index (χ3n) is 5.26. The number of nitrogens with zero attached hydrogens (tertiary/aromatic N) is 1. The average Bonchev–Trinajstić information content (AvgIpc) is 2.69. The van der Waals surface area contributed by atoms with E-state index in [-0.39, 0.29) is 24.1 Å². The second kappa shape index (κ2) is 8.03. The number of nitrogens with one attached hydrogen (secondary N) is 3. The molecule has 2 heterocycles. The number of rotatable bonds is 3. The Labute approximate surface area is 158 Å². The molecule has 3 unspecified atom stereocenters. The normalized spacial score (nSPS) is 27.4. The van der Waals surface area contributed by atoms with Crippen LogP contribution in [0.2, 0.25) is 5.02 Å². The first-order valence-electron chi connectivity index (χ1n) is 9.16. The molecule has 0 amide bonds. The molecule has 2 aliphatic rings. The molecule has 0 radical (unpaired) electrons. The lowest BCUT2D eigenvalue weighted by atomic mass is 9.98. The van der Waals surface area contributed by atoms with Gasteiger partial charge >= 0.3 is 0 Å². The summed E-state index contributed by atoms with van der Waals surface area (Å²) in [6, 6.07) is 15.3. The predicted octanol–water partition coefficient (Wildman–Crippen LogP) is 2.69. The maximum Gasteiger partial charge on any atom is 0.123 e. The monoisotopic (exact) mass is 374 g/mol. The Morgan fingerprint density at radius 1 is 0.846 bits per heavy atom. The van der Waals surface area contributed by atoms with Crippen molar-refractivity contribution in [3.63, 3.8) is 0 Å². The van der Waals surface area contributed by atoms with Gasteiger partial charge in [0.2, 0.25) is 0 Å². The number of halogens is 2. The number of benzene rings is 2. The highest BCUT2D eigenvalue weighted by atomic mass is 35.5. The SMILES string of the molecule is Fc1ccc(C2CN(C3NCCNC3c3ccc(Cl)cc3)CCN2)cc1. The number of hydrogen-bond donors (Lipinski definition) is 3. The molecule has 0 aromatic heterocycles. The van der Waals surface area contributed by atoms with Crippen molar-refractivity contribution < 1.29 is 4.39 Å². The van der Waals surface area contributed by atoms with E-state index < -0.39 is 0 Å². The van der Waals surface area contributed by atoms with E-state index in [0.717, 1.165) is 43.3 Å². The van der Waals surface area contributed by atoms with Crippen LogP contribution in [-0.2, 0) is 0 Å². The summed E-state index contributed by atoms with van der Waals surface area (Å²) in [7, 11) is 0. The average molecular weight is 375 g/mol. The van der Waals surface area contributed by atoms with Gasteiger partial charge in [0, 0.05) is 43.8 Å². The fourth-order valence-electron chi connectivity index (χ4n) is 3.93. The third kappa shape index (κ3) is 3.92. The largest absolute Gasteiger partial charge is 0.308 e. The summed E-state index contributed by atoms with van der Waals surface area (Å²) in [4.78, 5) is 2.48. The highest BCUT2D eigenvalue weighted by Gasteiger charge is 2.33. The van der Waals surface area contributed by atoms with Crippen LogP contribution in [0, 0.1) is 5.82 Å². The molecular formula is C20H24ClFN4. The Morgan fingerprint density at radius 2 is 1.54 bits per heavy atom. The van der Waals surface area contributed by atoms with Gasteiger partial charge < -0.3 is 10.6 Å². The molecule has 2 saturated heterocycles. The number of piperazine rings is 2. The van der Waals surface area contributed by atoms with E-state index in [0.29, 0.717) is 0 Å². The molecule has 2 fully saturated rings. The van der Waals surface area contributed by atoms with Gasteiger partial charge in [-0.15, -0.1) is 0 Å². The summed E-state index contributed by atoms with van der Waals surface area (Å²) < 4.78 is 13.2. The van der Waals surface area contributed by atoms with Crippen molar-refractivity contribution in [3.8, 4) is 0 Å². The smallest absolute Gasteiger partial charge is 0.123 e. The Kier molecular flexibility index (Phi) is 5.52. The van der Waals surface area contributed by atoms with Crippen molar-refractivity contribution >= 4 is 11.6 Å². The molecule has 3 atom stereocenters. The van der Waals surface area contributed by atoms with E-state index in [1.165, 1.54) is 17.7 Å². The van der Waals surface area contributed by atoms with Crippen LogP contribution in [0.1, 0.15) is 23.2 Å². The molecular weight excluding hydrogens is 351 g/mol. The van der Waals surface area contributed by atoms with Crippen molar-refractivity contribution in [2.75, 3.05) is 32.7 Å². The molecule has 26 heavy (non-hydrogen) atoms. The van der Waals surface area contributed by atoms with Crippen LogP contribution >= 0.6 is 11.6 Å². The van der Waals surface area contributed by atoms with Gasteiger partial charge in [-0.3, -0.25) is 10.2 Å². The maximum atomic E-state index is 13.2. The summed E-state index contributed by atoms with van der Waals surface area (Å²) >= 11 is 6.05. The van der Waals surface area contributed by atoms with Gasteiger partial charge in [0.15, 0.2) is 0 Å². The molecule has 2 aromatic carbocycles. The summed E-state index contributed by atoms with van der Waals surface area (Å²) in [6.07, 6.45) is 0.218. The van der Waals surface area contributed by atoms with Crippen LogP contribution < -0.4 is 16.0 Å². The molecule has 6 heteroatoms. The zero-order valence-electron chi connectivity index (χ0n) is 14.6. The summed E-state index contributed by atoms with van der Waals surface area (Å²) in [5.74, 6) is -0.192. The molecule has 4 nitrogen and oxygen atoms in total. The molecule has 0 spiro atoms. The van der Waals surface area contributed by atoms with Crippen LogP contribution in [0.4, 0.5) is 4.39 Å². The molecule has 3 N–H and O–H groups in total. The van der Waals surface area contributed by atoms with E-state index in [4.69, 9.17) is 11.6 Å². The van der Waals surface area contributed by atoms with Gasteiger partial charge in [-0.1, -0.05) is 35.9 Å². The fraction of sp³-hybridized carbons (Fsp3) is 0.400. The van der Waals surface area contributed by atoms with Crippen molar-refractivity contribution in [2.45, 2.75) is 18.2 Å². The van der Waals surface area contributed by atoms with Gasteiger partial charge in [-0.05, 0) is 35.4 Å². The maximum absolute atomic E-state index is 13.2. The third-order valence-corrected chi connectivity index (χ3v) is 5.51. The Morgan fingerprint density at radius 3 is 2.31 bits per heavy atom. The van der Waals surface area contributed by atoms with Crippen LogP contribution in [0.5, 0.6) is 0 Å². The minimum absolute atomic E-state index is 0.192. The van der Waals surface area contributed by atoms with E-state index in [1.807, 2.05) is 24.3 Å². The molecule has 138 valence electrons. The number of hydrogen-bond acceptors (Lipinski definition) is 4. The molecule has 2 aliphatic heterocycles. The summed E-state index contributed by atoms with van der Waals surface area (Å²) in [5, 5.41) is 11.6. The Bertz CT molecular complexity index is 722. The fourth-order valence-corrected chi connectivity index (χ4v) is 4.06. The van der Waals surface area contributed by atoms with Crippen LogP contribution in [-0.4, -0.2) is 43.8 Å². The van der Waals surface area contributed by atoms with Gasteiger partial charge in [0.1, 0.15) is 5.82 Å². The predicted molar refractivity (Wildman–Crippen MR) is 103 cm³/mol. The van der Waals surface area contributed by atoms with Gasteiger partial charge in [-0.2, -0.15) is 0 Å². The summed E-state index contributed by atoms with van der Waals surface area (Å²) in [5.41, 5.74) is 2.37. The second-order valence-corrected chi connectivity index (χ2v) is 7.37. The van der Waals surface area contributed by atoms with Crippen molar-refractivity contribution in [3.05, 3.63) is 70.5 Å². The van der Waals surface area contributed by atoms with Crippen LogP contribution in [0.25, 0.3) is 0 Å². The van der Waals surface area contributed by atoms with Crippen molar-refractivity contribution in [2.24, 2.45) is 0 Å². The highest BCUT2D eigenvalue weighted by molar-refractivity contribution is 6.30. The van der Waals surface area contributed by atoms with Crippen molar-refractivity contribution in [1.82, 2.24) is 20.9 Å². The minimum atomic E-state index is -0.192. The van der Waals surface area contributed by atoms with Gasteiger partial charge in [0.25, 0.3) is 0 Å². The summed E-state index contributed by atoms with van der Waals surface area (Å²) in [6.45, 7) is 4.65. The van der Waals surface area contributed by atoms with Gasteiger partial charge in [-0.25, -0.2) is 4.39 Å². The highest BCUT2D eigenvalue weighted by Crippen LogP contribution is 2.26. The zero-order valence-corrected chi connectivity index (χ0v) is 15.3. The zero-order chi connectivity index (χ0) is 17.9. The second-order valence-electron chi connectivity index (χ2n) is 6.94. The van der Waals surface area contributed by atoms with E-state index >= 15 is 0 Å². The molecule has 4 rings (SSSR count). The topological polar surface area (TPSA) is 39.3 Å². The lowest BCUT2D eigenvalue weighted by Crippen LogP contribution is -2.62. The van der Waals surface area contributed by atoms with Crippen LogP contribution in [0.3, 0.4) is 0 Å². The first-order valence-corrected chi connectivity index (χ1v) is 9.53. The first-order chi connectivity index (χ1) is 12.7.